The molecule has 0 saturated carbocycles. The van der Waals surface area contributed by atoms with Gasteiger partial charge in [-0.1, -0.05) is 19.6 Å². The van der Waals surface area contributed by atoms with Crippen molar-refractivity contribution in [2.24, 2.45) is 16.5 Å². The van der Waals surface area contributed by atoms with Gasteiger partial charge < -0.3 is 16.6 Å². The van der Waals surface area contributed by atoms with Crippen LogP contribution in [-0.2, 0) is 4.79 Å². The molecule has 5 nitrogen and oxygen atoms in total. The highest BCUT2D eigenvalue weighted by Gasteiger charge is 2.25. The third-order valence-corrected chi connectivity index (χ3v) is 1.64. The number of nitrogens with zero attached hydrogens (tertiary/aromatic N) is 1. The van der Waals surface area contributed by atoms with Crippen molar-refractivity contribution in [1.29, 1.82) is 0 Å². The maximum atomic E-state index is 10.6. The Hall–Kier alpha value is -1.36. The molecule has 0 bridgehead atoms. The van der Waals surface area contributed by atoms with Gasteiger partial charge in [-0.15, -0.1) is 0 Å². The number of hydrogen-bond donors (Lipinski definition) is 3. The van der Waals surface area contributed by atoms with Gasteiger partial charge in [-0.05, 0) is 20.3 Å². The van der Waals surface area contributed by atoms with E-state index in [4.69, 9.17) is 16.6 Å². The zero-order valence-electron chi connectivity index (χ0n) is 8.53. The average Bonchev–Trinajstić information content (AvgIpc) is 2.02. The molecule has 0 aliphatic rings. The number of nitrogens with two attached hydrogens (primary N) is 2. The van der Waals surface area contributed by atoms with E-state index in [0.717, 1.165) is 0 Å². The van der Waals surface area contributed by atoms with Crippen LogP contribution in [0.15, 0.2) is 17.1 Å². The standard InChI is InChI=1S/C9H17N3O2.CH4/c1-7(10)12-6-4-3-5-9(2,11)8(13)14;/h3-4H,5-6,11H2,1-2H3,(H2,10,12)(H,13,14);1H4/b4-3-;. The van der Waals surface area contributed by atoms with Gasteiger partial charge in [0.2, 0.25) is 0 Å². The summed E-state index contributed by atoms with van der Waals surface area (Å²) in [5.74, 6) is -0.510. The van der Waals surface area contributed by atoms with Gasteiger partial charge in [0, 0.05) is 0 Å². The third-order valence-electron chi connectivity index (χ3n) is 1.64. The number of hydrogen-bond acceptors (Lipinski definition) is 3. The summed E-state index contributed by atoms with van der Waals surface area (Å²) in [6, 6.07) is 0. The fourth-order valence-electron chi connectivity index (χ4n) is 0.687. The second-order valence-electron chi connectivity index (χ2n) is 3.38. The van der Waals surface area contributed by atoms with Crippen molar-refractivity contribution in [1.82, 2.24) is 0 Å². The third kappa shape index (κ3) is 7.69. The molecule has 0 aromatic rings. The molecule has 5 heteroatoms. The van der Waals surface area contributed by atoms with Gasteiger partial charge in [0.15, 0.2) is 0 Å². The van der Waals surface area contributed by atoms with E-state index >= 15 is 0 Å². The van der Waals surface area contributed by atoms with E-state index in [9.17, 15) is 4.79 Å². The van der Waals surface area contributed by atoms with E-state index in [-0.39, 0.29) is 13.8 Å². The lowest BCUT2D eigenvalue weighted by atomic mass is 10.00. The van der Waals surface area contributed by atoms with E-state index in [1.165, 1.54) is 6.92 Å². The molecule has 1 atom stereocenters. The second-order valence-corrected chi connectivity index (χ2v) is 3.38. The molecule has 0 aromatic carbocycles. The molecular formula is C10H21N3O2. The Labute approximate surface area is 90.9 Å². The normalized spacial score (nSPS) is 15.8. The quantitative estimate of drug-likeness (QED) is 0.358. The van der Waals surface area contributed by atoms with Crippen LogP contribution in [0.5, 0.6) is 0 Å². The van der Waals surface area contributed by atoms with Gasteiger partial charge in [-0.2, -0.15) is 0 Å². The van der Waals surface area contributed by atoms with Crippen LogP contribution in [-0.4, -0.2) is 29.0 Å². The van der Waals surface area contributed by atoms with Crippen molar-refractivity contribution in [3.8, 4) is 0 Å². The summed E-state index contributed by atoms with van der Waals surface area (Å²) in [5.41, 5.74) is 9.59. The minimum atomic E-state index is -1.21. The highest BCUT2D eigenvalue weighted by Crippen LogP contribution is 2.06. The first kappa shape index (κ1) is 16.1. The molecule has 0 rings (SSSR count). The lowest BCUT2D eigenvalue weighted by Crippen LogP contribution is -2.44. The molecule has 0 aliphatic heterocycles. The van der Waals surface area contributed by atoms with E-state index in [2.05, 4.69) is 4.99 Å². The van der Waals surface area contributed by atoms with Crippen molar-refractivity contribution in [3.05, 3.63) is 12.2 Å². The number of rotatable bonds is 5. The van der Waals surface area contributed by atoms with Crippen LogP contribution in [0, 0.1) is 0 Å². The van der Waals surface area contributed by atoms with Gasteiger partial charge in [-0.25, -0.2) is 0 Å². The molecule has 0 radical (unpaired) electrons. The number of carboxylic acids is 1. The molecular weight excluding hydrogens is 194 g/mol. The smallest absolute Gasteiger partial charge is 0.323 e. The zero-order valence-corrected chi connectivity index (χ0v) is 8.53. The van der Waals surface area contributed by atoms with Crippen LogP contribution in [0.2, 0.25) is 0 Å². The summed E-state index contributed by atoms with van der Waals surface area (Å²) in [7, 11) is 0. The molecule has 1 unspecified atom stereocenters. The first-order chi connectivity index (χ1) is 6.36. The van der Waals surface area contributed by atoms with Crippen molar-refractivity contribution in [2.75, 3.05) is 6.54 Å². The SMILES string of the molecule is C.CC(N)=NC/C=C\CC(C)(N)C(=O)O. The molecule has 5 N–H and O–H groups in total. The Kier molecular flexibility index (Phi) is 7.51. The van der Waals surface area contributed by atoms with Crippen LogP contribution in [0.1, 0.15) is 27.7 Å². The van der Waals surface area contributed by atoms with Crippen LogP contribution < -0.4 is 11.5 Å². The molecule has 0 aliphatic carbocycles. The van der Waals surface area contributed by atoms with E-state index in [0.29, 0.717) is 12.4 Å². The maximum absolute atomic E-state index is 10.6. The zero-order chi connectivity index (χ0) is 11.2. The second kappa shape index (κ2) is 7.00. The van der Waals surface area contributed by atoms with E-state index < -0.39 is 11.5 Å². The Morgan fingerprint density at radius 3 is 2.47 bits per heavy atom. The minimum Gasteiger partial charge on any atom is -0.480 e. The van der Waals surface area contributed by atoms with Crippen LogP contribution >= 0.6 is 0 Å². The molecule has 0 amide bonds. The Bertz CT molecular complexity index is 253. The van der Waals surface area contributed by atoms with Gasteiger partial charge in [0.1, 0.15) is 5.54 Å². The van der Waals surface area contributed by atoms with Gasteiger partial charge in [0.25, 0.3) is 0 Å². The highest BCUT2D eigenvalue weighted by molar-refractivity contribution is 5.78. The van der Waals surface area contributed by atoms with Crippen molar-refractivity contribution >= 4 is 11.8 Å². The fraction of sp³-hybridized carbons (Fsp3) is 0.600. The predicted octanol–water partition coefficient (Wildman–Crippen LogP) is 0.748. The van der Waals surface area contributed by atoms with E-state index in [1.54, 1.807) is 19.1 Å². The number of carboxylic acid groups (broad SMARTS) is 1. The average molecular weight is 215 g/mol. The fourth-order valence-corrected chi connectivity index (χ4v) is 0.687. The van der Waals surface area contributed by atoms with Crippen molar-refractivity contribution < 1.29 is 9.90 Å². The summed E-state index contributed by atoms with van der Waals surface area (Å²) in [5, 5.41) is 8.68. The molecule has 0 heterocycles. The van der Waals surface area contributed by atoms with Crippen LogP contribution in [0.4, 0.5) is 0 Å². The molecule has 15 heavy (non-hydrogen) atoms. The highest BCUT2D eigenvalue weighted by atomic mass is 16.4. The topological polar surface area (TPSA) is 102 Å². The Morgan fingerprint density at radius 2 is 2.07 bits per heavy atom. The van der Waals surface area contributed by atoms with Gasteiger partial charge >= 0.3 is 5.97 Å². The summed E-state index contributed by atoms with van der Waals surface area (Å²) in [6.45, 7) is 3.62. The first-order valence-corrected chi connectivity index (χ1v) is 4.30. The lowest BCUT2D eigenvalue weighted by molar-refractivity contribution is -0.142. The summed E-state index contributed by atoms with van der Waals surface area (Å²) < 4.78 is 0. The molecule has 0 saturated heterocycles. The lowest BCUT2D eigenvalue weighted by Gasteiger charge is -2.15. The molecule has 0 spiro atoms. The number of aliphatic imine (C=N–C) groups is 1. The van der Waals surface area contributed by atoms with Crippen molar-refractivity contribution in [3.63, 3.8) is 0 Å². The summed E-state index contributed by atoms with van der Waals surface area (Å²) in [6.07, 6.45) is 3.71. The Morgan fingerprint density at radius 1 is 1.53 bits per heavy atom. The van der Waals surface area contributed by atoms with Crippen LogP contribution in [0.25, 0.3) is 0 Å². The Balaban J connectivity index is 0. The summed E-state index contributed by atoms with van der Waals surface area (Å²) >= 11 is 0. The first-order valence-electron chi connectivity index (χ1n) is 4.30. The monoisotopic (exact) mass is 215 g/mol. The maximum Gasteiger partial charge on any atom is 0.323 e. The summed E-state index contributed by atoms with van der Waals surface area (Å²) in [4.78, 5) is 14.5. The van der Waals surface area contributed by atoms with Crippen LogP contribution in [0.3, 0.4) is 0 Å². The predicted molar refractivity (Wildman–Crippen MR) is 62.9 cm³/mol. The molecule has 88 valence electrons. The largest absolute Gasteiger partial charge is 0.480 e. The minimum absolute atomic E-state index is 0. The number of amidine groups is 1. The van der Waals surface area contributed by atoms with Gasteiger partial charge in [-0.3, -0.25) is 9.79 Å². The number of carbonyl (C=O) groups is 1. The molecule has 0 aromatic heterocycles. The number of aliphatic carboxylic acids is 1. The van der Waals surface area contributed by atoms with Crippen molar-refractivity contribution in [2.45, 2.75) is 33.2 Å². The van der Waals surface area contributed by atoms with E-state index in [1.807, 2.05) is 0 Å². The van der Waals surface area contributed by atoms with Gasteiger partial charge in [0.05, 0.1) is 12.4 Å². The molecule has 0 fully saturated rings.